The highest BCUT2D eigenvalue weighted by molar-refractivity contribution is 5.70. The van der Waals surface area contributed by atoms with Crippen LogP contribution in [0.5, 0.6) is 0 Å². The van der Waals surface area contributed by atoms with Crippen molar-refractivity contribution in [3.63, 3.8) is 0 Å². The van der Waals surface area contributed by atoms with Crippen molar-refractivity contribution in [2.75, 3.05) is 29.0 Å². The fraction of sp³-hybridized carbons (Fsp3) is 0.250. The van der Waals surface area contributed by atoms with Gasteiger partial charge in [-0.1, -0.05) is 31.2 Å². The van der Waals surface area contributed by atoms with E-state index in [-0.39, 0.29) is 0 Å². The largest absolute Gasteiger partial charge is 0.385 e. The van der Waals surface area contributed by atoms with E-state index in [4.69, 9.17) is 4.98 Å². The summed E-state index contributed by atoms with van der Waals surface area (Å²) < 4.78 is 0. The second kappa shape index (κ2) is 11.3. The number of anilines is 4. The lowest BCUT2D eigenvalue weighted by Crippen LogP contribution is -2.11. The molecule has 0 saturated heterocycles. The third kappa shape index (κ3) is 6.10. The van der Waals surface area contributed by atoms with Crippen LogP contribution in [-0.4, -0.2) is 28.0 Å². The lowest BCUT2D eigenvalue weighted by atomic mass is 10.1. The van der Waals surface area contributed by atoms with Gasteiger partial charge in [0.15, 0.2) is 0 Å². The molecule has 3 N–H and O–H groups in total. The van der Waals surface area contributed by atoms with Gasteiger partial charge in [-0.05, 0) is 74.2 Å². The van der Waals surface area contributed by atoms with Crippen LogP contribution in [0.25, 0.3) is 11.3 Å². The topological polar surface area (TPSA) is 74.8 Å². The summed E-state index contributed by atoms with van der Waals surface area (Å²) in [4.78, 5) is 13.7. The third-order valence-electron chi connectivity index (χ3n) is 5.75. The minimum Gasteiger partial charge on any atom is -0.385 e. The molecule has 2 aromatic carbocycles. The van der Waals surface area contributed by atoms with Gasteiger partial charge in [0.1, 0.15) is 5.82 Å². The molecule has 0 fully saturated rings. The summed E-state index contributed by atoms with van der Waals surface area (Å²) in [5, 5.41) is 10.3. The third-order valence-corrected chi connectivity index (χ3v) is 5.75. The molecule has 6 heteroatoms. The van der Waals surface area contributed by atoms with Crippen LogP contribution in [0.15, 0.2) is 73.1 Å². The molecule has 34 heavy (non-hydrogen) atoms. The predicted octanol–water partition coefficient (Wildman–Crippen LogP) is 6.38. The van der Waals surface area contributed by atoms with E-state index in [1.165, 1.54) is 11.1 Å². The van der Waals surface area contributed by atoms with Gasteiger partial charge in [-0.25, -0.2) is 15.0 Å². The van der Waals surface area contributed by atoms with Gasteiger partial charge in [0, 0.05) is 48.0 Å². The Labute approximate surface area is 201 Å². The van der Waals surface area contributed by atoms with Crippen LogP contribution in [0.4, 0.5) is 23.1 Å². The van der Waals surface area contributed by atoms with Crippen LogP contribution in [0.2, 0.25) is 0 Å². The van der Waals surface area contributed by atoms with Crippen LogP contribution in [-0.2, 0) is 6.42 Å². The van der Waals surface area contributed by atoms with Crippen LogP contribution in [0.1, 0.15) is 30.0 Å². The van der Waals surface area contributed by atoms with Crippen molar-refractivity contribution in [2.45, 2.75) is 33.6 Å². The molecule has 0 saturated carbocycles. The smallest absolute Gasteiger partial charge is 0.227 e. The molecule has 6 nitrogen and oxygen atoms in total. The Kier molecular flexibility index (Phi) is 7.71. The molecule has 2 heterocycles. The molecular formula is C28H32N6. The molecule has 174 valence electrons. The summed E-state index contributed by atoms with van der Waals surface area (Å²) >= 11 is 0. The number of hydrogen-bond donors (Lipinski definition) is 3. The molecule has 0 spiro atoms. The van der Waals surface area contributed by atoms with Gasteiger partial charge in [0.25, 0.3) is 0 Å². The van der Waals surface area contributed by atoms with Gasteiger partial charge in [0.2, 0.25) is 5.95 Å². The van der Waals surface area contributed by atoms with Gasteiger partial charge in [0.05, 0.1) is 5.69 Å². The minimum absolute atomic E-state index is 0.576. The van der Waals surface area contributed by atoms with Crippen molar-refractivity contribution in [3.8, 4) is 11.3 Å². The minimum atomic E-state index is 0.576. The highest BCUT2D eigenvalue weighted by Crippen LogP contribution is 2.26. The molecule has 4 aromatic rings. The van der Waals surface area contributed by atoms with Gasteiger partial charge < -0.3 is 16.0 Å². The van der Waals surface area contributed by atoms with Crippen molar-refractivity contribution in [2.24, 2.45) is 0 Å². The molecular weight excluding hydrogens is 420 g/mol. The Balaban J connectivity index is 1.36. The number of benzene rings is 2. The lowest BCUT2D eigenvalue weighted by Gasteiger charge is -2.13. The number of pyridine rings is 1. The van der Waals surface area contributed by atoms with Crippen molar-refractivity contribution >= 4 is 23.1 Å². The second-order valence-corrected chi connectivity index (χ2v) is 8.35. The van der Waals surface area contributed by atoms with Crippen molar-refractivity contribution in [1.82, 2.24) is 15.0 Å². The van der Waals surface area contributed by atoms with Gasteiger partial charge in [-0.3, -0.25) is 0 Å². The standard InChI is InChI=1S/C28H32N6/c1-4-22-9-11-23(12-10-22)29-15-6-16-30-27-21(3)25(13-17-31-27)26-14-18-32-28(34-26)33-24-8-5-7-20(2)19-24/h5,7-14,17-19,29H,4,6,15-16H2,1-3H3,(H,30,31)(H,32,33,34). The monoisotopic (exact) mass is 452 g/mol. The van der Waals surface area contributed by atoms with E-state index in [1.54, 1.807) is 6.20 Å². The van der Waals surface area contributed by atoms with Gasteiger partial charge in [-0.2, -0.15) is 0 Å². The van der Waals surface area contributed by atoms with E-state index in [1.807, 2.05) is 30.5 Å². The van der Waals surface area contributed by atoms with Gasteiger partial charge >= 0.3 is 0 Å². The molecule has 0 atom stereocenters. The molecule has 0 unspecified atom stereocenters. The first-order chi connectivity index (χ1) is 16.6. The number of rotatable bonds is 10. The number of nitrogens with one attached hydrogen (secondary N) is 3. The quantitative estimate of drug-likeness (QED) is 0.243. The summed E-state index contributed by atoms with van der Waals surface area (Å²) in [5.74, 6) is 1.46. The Hall–Kier alpha value is -3.93. The zero-order valence-corrected chi connectivity index (χ0v) is 20.1. The van der Waals surface area contributed by atoms with E-state index < -0.39 is 0 Å². The van der Waals surface area contributed by atoms with Gasteiger partial charge in [-0.15, -0.1) is 0 Å². The van der Waals surface area contributed by atoms with E-state index in [9.17, 15) is 0 Å². The van der Waals surface area contributed by atoms with E-state index in [2.05, 4.69) is 83.1 Å². The zero-order valence-electron chi connectivity index (χ0n) is 20.1. The first-order valence-corrected chi connectivity index (χ1v) is 11.8. The molecule has 0 bridgehead atoms. The van der Waals surface area contributed by atoms with Crippen LogP contribution in [0.3, 0.4) is 0 Å². The van der Waals surface area contributed by atoms with E-state index >= 15 is 0 Å². The normalized spacial score (nSPS) is 10.7. The molecule has 0 amide bonds. The first-order valence-electron chi connectivity index (χ1n) is 11.8. The van der Waals surface area contributed by atoms with Crippen LogP contribution in [0, 0.1) is 13.8 Å². The summed E-state index contributed by atoms with van der Waals surface area (Å²) in [5.41, 5.74) is 7.66. The Morgan fingerprint density at radius 2 is 1.59 bits per heavy atom. The number of aryl methyl sites for hydroxylation is 2. The fourth-order valence-electron chi connectivity index (χ4n) is 3.80. The summed E-state index contributed by atoms with van der Waals surface area (Å²) in [7, 11) is 0. The van der Waals surface area contributed by atoms with E-state index in [0.29, 0.717) is 5.95 Å². The van der Waals surface area contributed by atoms with Crippen molar-refractivity contribution in [3.05, 3.63) is 89.7 Å². The maximum Gasteiger partial charge on any atom is 0.227 e. The second-order valence-electron chi connectivity index (χ2n) is 8.35. The molecule has 0 aliphatic rings. The zero-order chi connectivity index (χ0) is 23.8. The first kappa shape index (κ1) is 23.2. The number of aromatic nitrogens is 3. The Bertz CT molecular complexity index is 1220. The highest BCUT2D eigenvalue weighted by Gasteiger charge is 2.10. The molecule has 0 aliphatic carbocycles. The fourth-order valence-corrected chi connectivity index (χ4v) is 3.80. The van der Waals surface area contributed by atoms with Crippen molar-refractivity contribution < 1.29 is 0 Å². The molecule has 0 radical (unpaired) electrons. The molecule has 2 aromatic heterocycles. The summed E-state index contributed by atoms with van der Waals surface area (Å²) in [6.45, 7) is 8.05. The predicted molar refractivity (Wildman–Crippen MR) is 142 cm³/mol. The number of nitrogens with zero attached hydrogens (tertiary/aromatic N) is 3. The summed E-state index contributed by atoms with van der Waals surface area (Å²) in [6.07, 6.45) is 5.66. The molecule has 0 aliphatic heterocycles. The van der Waals surface area contributed by atoms with Crippen LogP contribution >= 0.6 is 0 Å². The SMILES string of the molecule is CCc1ccc(NCCCNc2nccc(-c3ccnc(Nc4cccc(C)c4)n3)c2C)cc1. The van der Waals surface area contributed by atoms with Crippen molar-refractivity contribution in [1.29, 1.82) is 0 Å². The summed E-state index contributed by atoms with van der Waals surface area (Å²) in [6, 6.07) is 20.7. The Morgan fingerprint density at radius 3 is 2.38 bits per heavy atom. The average molecular weight is 453 g/mol. The average Bonchev–Trinajstić information content (AvgIpc) is 2.85. The van der Waals surface area contributed by atoms with Crippen LogP contribution < -0.4 is 16.0 Å². The maximum atomic E-state index is 4.74. The maximum absolute atomic E-state index is 4.74. The number of hydrogen-bond acceptors (Lipinski definition) is 6. The van der Waals surface area contributed by atoms with E-state index in [0.717, 1.165) is 59.9 Å². The molecule has 4 rings (SSSR count). The lowest BCUT2D eigenvalue weighted by molar-refractivity contribution is 0.902. The highest BCUT2D eigenvalue weighted by atomic mass is 15.1. The Morgan fingerprint density at radius 1 is 0.794 bits per heavy atom.